The van der Waals surface area contributed by atoms with Gasteiger partial charge in [0.15, 0.2) is 0 Å². The Bertz CT molecular complexity index is 1130. The van der Waals surface area contributed by atoms with Crippen LogP contribution < -0.4 is 15.4 Å². The summed E-state index contributed by atoms with van der Waals surface area (Å²) in [4.78, 5) is 36.4. The Morgan fingerprint density at radius 3 is 2.30 bits per heavy atom. The third-order valence-corrected chi connectivity index (χ3v) is 5.53. The number of carbonyl (C=O) groups excluding carboxylic acids is 3. The van der Waals surface area contributed by atoms with Crippen molar-refractivity contribution in [2.45, 2.75) is 4.90 Å². The van der Waals surface area contributed by atoms with Crippen LogP contribution in [0.3, 0.4) is 0 Å². The largest absolute Gasteiger partial charge is 0.457 e. The van der Waals surface area contributed by atoms with Gasteiger partial charge in [-0.05, 0) is 66.7 Å². The molecule has 0 aliphatic carbocycles. The van der Waals surface area contributed by atoms with E-state index in [0.717, 1.165) is 4.90 Å². The Morgan fingerprint density at radius 2 is 1.57 bits per heavy atom. The Balaban J connectivity index is 1.33. The second-order valence-electron chi connectivity index (χ2n) is 6.41. The van der Waals surface area contributed by atoms with Crippen molar-refractivity contribution in [2.24, 2.45) is 0 Å². The average molecular weight is 439 g/mol. The highest BCUT2D eigenvalue weighted by molar-refractivity contribution is 8.00. The Morgan fingerprint density at radius 1 is 0.900 bits per heavy atom. The monoisotopic (exact) mass is 438 g/mol. The molecule has 0 fully saturated rings. The number of thioether (sulfide) groups is 1. The third-order valence-electron chi connectivity index (χ3n) is 4.26. The molecule has 3 amide bonds. The van der Waals surface area contributed by atoms with Crippen LogP contribution in [0, 0.1) is 0 Å². The van der Waals surface area contributed by atoms with Gasteiger partial charge >= 0.3 is 0 Å². The quantitative estimate of drug-likeness (QED) is 0.428. The van der Waals surface area contributed by atoms with E-state index in [-0.39, 0.29) is 11.7 Å². The maximum atomic E-state index is 12.1. The minimum atomic E-state index is -0.435. The van der Waals surface area contributed by atoms with Gasteiger partial charge in [0.05, 0.1) is 16.9 Å². The van der Waals surface area contributed by atoms with Crippen molar-refractivity contribution in [3.63, 3.8) is 0 Å². The molecule has 4 rings (SSSR count). The Hall–Kier alpha value is -3.29. The molecule has 2 N–H and O–H groups in total. The summed E-state index contributed by atoms with van der Waals surface area (Å²) in [5, 5.41) is 5.72. The summed E-state index contributed by atoms with van der Waals surface area (Å²) in [7, 11) is 0. The molecule has 0 saturated carbocycles. The zero-order chi connectivity index (χ0) is 21.1. The van der Waals surface area contributed by atoms with E-state index in [2.05, 4.69) is 10.6 Å². The summed E-state index contributed by atoms with van der Waals surface area (Å²) in [5.41, 5.74) is 1.27. The van der Waals surface area contributed by atoms with Crippen LogP contribution in [0.2, 0.25) is 5.02 Å². The molecule has 150 valence electrons. The number of ether oxygens (including phenoxy) is 1. The van der Waals surface area contributed by atoms with E-state index in [1.54, 1.807) is 48.5 Å². The molecule has 0 saturated heterocycles. The molecule has 0 radical (unpaired) electrons. The molecule has 3 aromatic carbocycles. The fourth-order valence-electron chi connectivity index (χ4n) is 2.83. The molecule has 0 bridgehead atoms. The molecule has 0 spiro atoms. The van der Waals surface area contributed by atoms with Gasteiger partial charge in [0.1, 0.15) is 11.5 Å². The first-order valence-electron chi connectivity index (χ1n) is 8.94. The minimum absolute atomic E-state index is 0.127. The SMILES string of the molecule is O=C(CSc1ccc(Cl)cc1)Nc1ccc(Oc2ccc3c(c2)C(=O)NC3=O)cc1. The van der Waals surface area contributed by atoms with E-state index < -0.39 is 11.8 Å². The number of carbonyl (C=O) groups is 3. The molecule has 6 nitrogen and oxygen atoms in total. The zero-order valence-electron chi connectivity index (χ0n) is 15.5. The molecule has 0 atom stereocenters. The highest BCUT2D eigenvalue weighted by Gasteiger charge is 2.26. The third kappa shape index (κ3) is 4.64. The summed E-state index contributed by atoms with van der Waals surface area (Å²) in [6, 6.07) is 18.9. The first-order valence-corrected chi connectivity index (χ1v) is 10.3. The molecule has 1 aliphatic heterocycles. The van der Waals surface area contributed by atoms with Gasteiger partial charge in [0.2, 0.25) is 5.91 Å². The van der Waals surface area contributed by atoms with Crippen LogP contribution in [0.15, 0.2) is 71.6 Å². The van der Waals surface area contributed by atoms with Gasteiger partial charge in [-0.2, -0.15) is 0 Å². The van der Waals surface area contributed by atoms with Gasteiger partial charge in [0, 0.05) is 15.6 Å². The first-order chi connectivity index (χ1) is 14.5. The lowest BCUT2D eigenvalue weighted by Crippen LogP contribution is -2.19. The number of fused-ring (bicyclic) bond motifs is 1. The van der Waals surface area contributed by atoms with E-state index in [1.807, 2.05) is 12.1 Å². The van der Waals surface area contributed by atoms with Crippen LogP contribution in [0.25, 0.3) is 0 Å². The number of halogens is 1. The van der Waals surface area contributed by atoms with Crippen molar-refractivity contribution in [3.05, 3.63) is 82.9 Å². The molecule has 8 heteroatoms. The Labute approximate surface area is 181 Å². The predicted molar refractivity (Wildman–Crippen MR) is 116 cm³/mol. The van der Waals surface area contributed by atoms with E-state index >= 15 is 0 Å². The van der Waals surface area contributed by atoms with Crippen LogP contribution in [-0.2, 0) is 4.79 Å². The lowest BCUT2D eigenvalue weighted by Gasteiger charge is -2.09. The maximum Gasteiger partial charge on any atom is 0.259 e. The average Bonchev–Trinajstić information content (AvgIpc) is 3.02. The van der Waals surface area contributed by atoms with E-state index in [9.17, 15) is 14.4 Å². The topological polar surface area (TPSA) is 84.5 Å². The van der Waals surface area contributed by atoms with Gasteiger partial charge in [-0.3, -0.25) is 19.7 Å². The second kappa shape index (κ2) is 8.61. The number of rotatable bonds is 6. The number of nitrogens with one attached hydrogen (secondary N) is 2. The molecule has 30 heavy (non-hydrogen) atoms. The van der Waals surface area contributed by atoms with Gasteiger partial charge in [-0.1, -0.05) is 11.6 Å². The summed E-state index contributed by atoms with van der Waals surface area (Å²) in [5.74, 6) is 0.280. The summed E-state index contributed by atoms with van der Waals surface area (Å²) < 4.78 is 5.74. The molecular formula is C22H15ClN2O4S. The molecule has 0 aromatic heterocycles. The summed E-state index contributed by atoms with van der Waals surface area (Å²) in [6.07, 6.45) is 0. The molecule has 1 heterocycles. The first kappa shape index (κ1) is 20.0. The number of benzene rings is 3. The van der Waals surface area contributed by atoms with Crippen molar-refractivity contribution in [1.29, 1.82) is 0 Å². The zero-order valence-corrected chi connectivity index (χ0v) is 17.0. The number of anilines is 1. The minimum Gasteiger partial charge on any atom is -0.457 e. The fraction of sp³-hybridized carbons (Fsp3) is 0.0455. The van der Waals surface area contributed by atoms with Crippen molar-refractivity contribution < 1.29 is 19.1 Å². The Kier molecular flexibility index (Phi) is 5.74. The predicted octanol–water partition coefficient (Wildman–Crippen LogP) is 4.75. The highest BCUT2D eigenvalue weighted by Crippen LogP contribution is 2.27. The van der Waals surface area contributed by atoms with Crippen molar-refractivity contribution >= 4 is 46.8 Å². The van der Waals surface area contributed by atoms with E-state index in [1.165, 1.54) is 17.8 Å². The summed E-state index contributed by atoms with van der Waals surface area (Å²) >= 11 is 7.27. The van der Waals surface area contributed by atoms with E-state index in [4.69, 9.17) is 16.3 Å². The number of hydrogen-bond acceptors (Lipinski definition) is 5. The number of hydrogen-bond donors (Lipinski definition) is 2. The summed E-state index contributed by atoms with van der Waals surface area (Å²) in [6.45, 7) is 0. The van der Waals surface area contributed by atoms with Crippen molar-refractivity contribution in [3.8, 4) is 11.5 Å². The molecular weight excluding hydrogens is 424 g/mol. The van der Waals surface area contributed by atoms with Gasteiger partial charge in [0.25, 0.3) is 11.8 Å². The van der Waals surface area contributed by atoms with Gasteiger partial charge < -0.3 is 10.1 Å². The van der Waals surface area contributed by atoms with Crippen LogP contribution in [0.4, 0.5) is 5.69 Å². The number of amides is 3. The molecule has 1 aliphatic rings. The molecule has 3 aromatic rings. The smallest absolute Gasteiger partial charge is 0.259 e. The standard InChI is InChI=1S/C22H15ClN2O4S/c23-13-1-8-17(9-2-13)30-12-20(26)24-14-3-5-15(6-4-14)29-16-7-10-18-19(11-16)22(28)25-21(18)27/h1-11H,12H2,(H,24,26)(H,25,27,28). The van der Waals surface area contributed by atoms with Crippen molar-refractivity contribution in [2.75, 3.05) is 11.1 Å². The highest BCUT2D eigenvalue weighted by atomic mass is 35.5. The van der Waals surface area contributed by atoms with Crippen LogP contribution in [-0.4, -0.2) is 23.5 Å². The van der Waals surface area contributed by atoms with Crippen molar-refractivity contribution in [1.82, 2.24) is 5.32 Å². The van der Waals surface area contributed by atoms with Gasteiger partial charge in [-0.15, -0.1) is 11.8 Å². The van der Waals surface area contributed by atoms with Crippen LogP contribution in [0.5, 0.6) is 11.5 Å². The normalized spacial score (nSPS) is 12.3. The lowest BCUT2D eigenvalue weighted by molar-refractivity contribution is -0.113. The van der Waals surface area contributed by atoms with E-state index in [0.29, 0.717) is 33.3 Å². The van der Waals surface area contributed by atoms with Gasteiger partial charge in [-0.25, -0.2) is 0 Å². The fourth-order valence-corrected chi connectivity index (χ4v) is 3.65. The van der Waals surface area contributed by atoms with Crippen LogP contribution >= 0.6 is 23.4 Å². The maximum absolute atomic E-state index is 12.1. The number of imide groups is 1. The lowest BCUT2D eigenvalue weighted by atomic mass is 10.1. The van der Waals surface area contributed by atoms with Crippen LogP contribution in [0.1, 0.15) is 20.7 Å². The second-order valence-corrected chi connectivity index (χ2v) is 7.89. The molecule has 0 unspecified atom stereocenters.